The van der Waals surface area contributed by atoms with Crippen LogP contribution in [0.5, 0.6) is 0 Å². The zero-order valence-corrected chi connectivity index (χ0v) is 10.3. The van der Waals surface area contributed by atoms with Crippen LogP contribution in [0, 0.1) is 0 Å². The Morgan fingerprint density at radius 2 is 2.25 bits per heavy atom. The summed E-state index contributed by atoms with van der Waals surface area (Å²) in [6, 6.07) is 7.57. The fraction of sp³-hybridized carbons (Fsp3) is 0.364. The lowest BCUT2D eigenvalue weighted by molar-refractivity contribution is -0.121. The van der Waals surface area contributed by atoms with Crippen LogP contribution in [0.4, 0.5) is 5.69 Å². The van der Waals surface area contributed by atoms with E-state index in [1.165, 1.54) is 0 Å². The predicted molar refractivity (Wildman–Crippen MR) is 65.4 cm³/mol. The maximum Gasteiger partial charge on any atom is 0.239 e. The highest BCUT2D eigenvalue weighted by Gasteiger charge is 2.24. The molecule has 0 saturated carbocycles. The molecule has 1 atom stereocenters. The van der Waals surface area contributed by atoms with Crippen molar-refractivity contribution in [2.75, 3.05) is 24.6 Å². The van der Waals surface area contributed by atoms with Gasteiger partial charge in [-0.1, -0.05) is 12.1 Å². The van der Waals surface area contributed by atoms with Crippen LogP contribution in [0.2, 0.25) is 0 Å². The van der Waals surface area contributed by atoms with Gasteiger partial charge in [-0.05, 0) is 28.1 Å². The third kappa shape index (κ3) is 2.36. The zero-order valence-electron chi connectivity index (χ0n) is 8.69. The predicted octanol–water partition coefficient (Wildman–Crippen LogP) is 0.746. The summed E-state index contributed by atoms with van der Waals surface area (Å²) in [7, 11) is 0. The van der Waals surface area contributed by atoms with Crippen LogP contribution in [-0.4, -0.2) is 36.8 Å². The van der Waals surface area contributed by atoms with Gasteiger partial charge >= 0.3 is 0 Å². The Kier molecular flexibility index (Phi) is 3.46. The van der Waals surface area contributed by atoms with Crippen molar-refractivity contribution in [3.8, 4) is 0 Å². The molecule has 16 heavy (non-hydrogen) atoms. The minimum Gasteiger partial charge on any atom is -0.394 e. The Bertz CT molecular complexity index is 397. The molecule has 0 radical (unpaired) electrons. The summed E-state index contributed by atoms with van der Waals surface area (Å²) < 4.78 is 0.960. The van der Waals surface area contributed by atoms with E-state index < -0.39 is 0 Å². The maximum atomic E-state index is 11.4. The topological polar surface area (TPSA) is 52.6 Å². The van der Waals surface area contributed by atoms with Crippen molar-refractivity contribution < 1.29 is 9.90 Å². The average molecular weight is 285 g/mol. The van der Waals surface area contributed by atoms with E-state index in [1.54, 1.807) is 0 Å². The second kappa shape index (κ2) is 4.84. The lowest BCUT2D eigenvalue weighted by Gasteiger charge is -2.34. The molecule has 1 heterocycles. The Balaban J connectivity index is 2.21. The molecule has 1 amide bonds. The van der Waals surface area contributed by atoms with Crippen molar-refractivity contribution in [3.05, 3.63) is 28.7 Å². The van der Waals surface area contributed by atoms with Crippen LogP contribution in [0.25, 0.3) is 0 Å². The molecule has 2 N–H and O–H groups in total. The number of carbonyl (C=O) groups excluding carboxylic acids is 1. The van der Waals surface area contributed by atoms with E-state index in [0.717, 1.165) is 10.2 Å². The van der Waals surface area contributed by atoms with Gasteiger partial charge in [-0.15, -0.1) is 0 Å². The van der Waals surface area contributed by atoms with E-state index in [9.17, 15) is 4.79 Å². The van der Waals surface area contributed by atoms with Gasteiger partial charge in [0.05, 0.1) is 24.9 Å². The lowest BCUT2D eigenvalue weighted by atomic mass is 10.2. The summed E-state index contributed by atoms with van der Waals surface area (Å²) in [5.74, 6) is -0.0546. The molecule has 1 aliphatic heterocycles. The van der Waals surface area contributed by atoms with E-state index in [4.69, 9.17) is 5.11 Å². The molecule has 1 fully saturated rings. The van der Waals surface area contributed by atoms with Gasteiger partial charge in [0.2, 0.25) is 5.91 Å². The Labute approximate surface area is 102 Å². The summed E-state index contributed by atoms with van der Waals surface area (Å²) in [5.41, 5.74) is 0.982. The van der Waals surface area contributed by atoms with Gasteiger partial charge in [-0.25, -0.2) is 0 Å². The van der Waals surface area contributed by atoms with Crippen molar-refractivity contribution in [3.63, 3.8) is 0 Å². The fourth-order valence-electron chi connectivity index (χ4n) is 1.82. The van der Waals surface area contributed by atoms with Gasteiger partial charge in [0.25, 0.3) is 0 Å². The van der Waals surface area contributed by atoms with E-state index in [1.807, 2.05) is 29.2 Å². The summed E-state index contributed by atoms with van der Waals surface area (Å²) in [4.78, 5) is 13.4. The normalized spacial score (nSPS) is 20.8. The number of aliphatic hydroxyl groups excluding tert-OH is 1. The van der Waals surface area contributed by atoms with Crippen LogP contribution < -0.4 is 10.2 Å². The molecule has 2 rings (SSSR count). The zero-order chi connectivity index (χ0) is 11.5. The van der Waals surface area contributed by atoms with E-state index in [0.29, 0.717) is 13.1 Å². The minimum absolute atomic E-state index is 0.0350. The van der Waals surface area contributed by atoms with Gasteiger partial charge in [-0.3, -0.25) is 4.79 Å². The fourth-order valence-corrected chi connectivity index (χ4v) is 2.35. The molecular formula is C11H13BrN2O2. The van der Waals surface area contributed by atoms with Crippen LogP contribution in [0.1, 0.15) is 0 Å². The van der Waals surface area contributed by atoms with Crippen LogP contribution >= 0.6 is 15.9 Å². The first-order valence-corrected chi connectivity index (χ1v) is 5.89. The van der Waals surface area contributed by atoms with Crippen molar-refractivity contribution in [1.29, 1.82) is 0 Å². The quantitative estimate of drug-likeness (QED) is 0.843. The Hall–Kier alpha value is -1.07. The largest absolute Gasteiger partial charge is 0.394 e. The SMILES string of the molecule is O=C1CN(c2ccccc2Br)CC(CO)N1. The van der Waals surface area contributed by atoms with Gasteiger partial charge in [0.1, 0.15) is 0 Å². The first-order chi connectivity index (χ1) is 7.70. The van der Waals surface area contributed by atoms with Gasteiger partial charge < -0.3 is 15.3 Å². The number of para-hydroxylation sites is 1. The van der Waals surface area contributed by atoms with E-state index >= 15 is 0 Å². The maximum absolute atomic E-state index is 11.4. The standard InChI is InChI=1S/C11H13BrN2O2/c12-9-3-1-2-4-10(9)14-5-8(7-15)13-11(16)6-14/h1-4,8,15H,5-7H2,(H,13,16). The average Bonchev–Trinajstić information content (AvgIpc) is 2.28. The summed E-state index contributed by atoms with van der Waals surface area (Å²) in [6.45, 7) is 0.927. The minimum atomic E-state index is -0.187. The molecule has 1 aliphatic rings. The first-order valence-electron chi connectivity index (χ1n) is 5.10. The molecule has 1 aromatic carbocycles. The number of hydrogen-bond acceptors (Lipinski definition) is 3. The molecule has 0 aromatic heterocycles. The number of carbonyl (C=O) groups is 1. The van der Waals surface area contributed by atoms with Gasteiger partial charge in [0.15, 0.2) is 0 Å². The van der Waals surface area contributed by atoms with Crippen molar-refractivity contribution >= 4 is 27.5 Å². The monoisotopic (exact) mass is 284 g/mol. The van der Waals surface area contributed by atoms with Crippen molar-refractivity contribution in [2.45, 2.75) is 6.04 Å². The molecular weight excluding hydrogens is 272 g/mol. The molecule has 4 nitrogen and oxygen atoms in total. The van der Waals surface area contributed by atoms with Crippen LogP contribution in [0.3, 0.4) is 0 Å². The number of benzene rings is 1. The molecule has 1 unspecified atom stereocenters. The number of anilines is 1. The number of amides is 1. The highest BCUT2D eigenvalue weighted by molar-refractivity contribution is 9.10. The highest BCUT2D eigenvalue weighted by atomic mass is 79.9. The number of aliphatic hydroxyl groups is 1. The van der Waals surface area contributed by atoms with Crippen molar-refractivity contribution in [1.82, 2.24) is 5.32 Å². The highest BCUT2D eigenvalue weighted by Crippen LogP contribution is 2.26. The second-order valence-electron chi connectivity index (χ2n) is 3.78. The number of nitrogens with one attached hydrogen (secondary N) is 1. The third-order valence-corrected chi connectivity index (χ3v) is 3.22. The number of halogens is 1. The first kappa shape index (κ1) is 11.4. The van der Waals surface area contributed by atoms with E-state index in [-0.39, 0.29) is 18.6 Å². The summed E-state index contributed by atoms with van der Waals surface area (Å²) >= 11 is 3.46. The molecule has 0 spiro atoms. The Morgan fingerprint density at radius 1 is 1.50 bits per heavy atom. The number of hydrogen-bond donors (Lipinski definition) is 2. The summed E-state index contributed by atoms with van der Waals surface area (Å²) in [6.07, 6.45) is 0. The molecule has 1 aromatic rings. The van der Waals surface area contributed by atoms with E-state index in [2.05, 4.69) is 21.2 Å². The number of rotatable bonds is 2. The summed E-state index contributed by atoms with van der Waals surface area (Å²) in [5, 5.41) is 11.8. The van der Waals surface area contributed by atoms with Crippen LogP contribution in [-0.2, 0) is 4.79 Å². The molecule has 5 heteroatoms. The smallest absolute Gasteiger partial charge is 0.239 e. The van der Waals surface area contributed by atoms with Crippen molar-refractivity contribution in [2.24, 2.45) is 0 Å². The van der Waals surface area contributed by atoms with Gasteiger partial charge in [-0.2, -0.15) is 0 Å². The molecule has 1 saturated heterocycles. The molecule has 0 aliphatic carbocycles. The van der Waals surface area contributed by atoms with Crippen LogP contribution in [0.15, 0.2) is 28.7 Å². The lowest BCUT2D eigenvalue weighted by Crippen LogP contribution is -2.55. The number of nitrogens with zero attached hydrogens (tertiary/aromatic N) is 1. The second-order valence-corrected chi connectivity index (χ2v) is 4.63. The molecule has 0 bridgehead atoms. The van der Waals surface area contributed by atoms with Gasteiger partial charge in [0, 0.05) is 11.0 Å². The third-order valence-electron chi connectivity index (χ3n) is 2.55. The molecule has 86 valence electrons. The Morgan fingerprint density at radius 3 is 2.94 bits per heavy atom. The number of piperazine rings is 1.